The minimum atomic E-state index is -1.04. The number of rotatable bonds is 4. The monoisotopic (exact) mass is 291 g/mol. The molecule has 2 unspecified atom stereocenters. The van der Waals surface area contributed by atoms with Crippen molar-refractivity contribution in [2.45, 2.75) is 45.9 Å². The van der Waals surface area contributed by atoms with Crippen LogP contribution in [0.15, 0.2) is 17.3 Å². The van der Waals surface area contributed by atoms with E-state index in [9.17, 15) is 15.0 Å². The van der Waals surface area contributed by atoms with Gasteiger partial charge in [-0.25, -0.2) is 9.79 Å². The molecular formula is C15H21N3O3. The standard InChI is InChI=1S/C15H21N3O3/c1-5-9-6-7-16-11(10(9)13(19)20)12-17-14(21)15(4,18-12)8(2)3/h6-8,14,21H,5H2,1-4H3,(H,17,18)(H,19,20). The topological polar surface area (TPSA) is 94.8 Å². The maximum Gasteiger partial charge on any atom is 0.338 e. The van der Waals surface area contributed by atoms with Crippen LogP contribution in [0.1, 0.15) is 49.3 Å². The van der Waals surface area contributed by atoms with Crippen molar-refractivity contribution in [1.29, 1.82) is 0 Å². The largest absolute Gasteiger partial charge is 0.478 e. The fourth-order valence-corrected chi connectivity index (χ4v) is 2.39. The smallest absolute Gasteiger partial charge is 0.338 e. The summed E-state index contributed by atoms with van der Waals surface area (Å²) in [6, 6.07) is 1.69. The molecule has 0 bridgehead atoms. The average Bonchev–Trinajstić information content (AvgIpc) is 2.75. The normalized spacial score (nSPS) is 24.9. The van der Waals surface area contributed by atoms with Gasteiger partial charge in [0.15, 0.2) is 12.1 Å². The molecule has 0 aromatic carbocycles. The highest BCUT2D eigenvalue weighted by Crippen LogP contribution is 2.28. The molecule has 2 rings (SSSR count). The molecule has 6 nitrogen and oxygen atoms in total. The molecule has 1 aliphatic rings. The molecule has 1 aliphatic heterocycles. The number of hydrogen-bond donors (Lipinski definition) is 3. The van der Waals surface area contributed by atoms with E-state index in [1.165, 1.54) is 0 Å². The van der Waals surface area contributed by atoms with Crippen LogP contribution < -0.4 is 5.32 Å². The first-order valence-corrected chi connectivity index (χ1v) is 7.06. The van der Waals surface area contributed by atoms with Gasteiger partial charge in [-0.3, -0.25) is 4.98 Å². The molecule has 3 N–H and O–H groups in total. The van der Waals surface area contributed by atoms with Crippen molar-refractivity contribution in [3.8, 4) is 0 Å². The second kappa shape index (κ2) is 5.44. The number of nitrogens with zero attached hydrogens (tertiary/aromatic N) is 2. The third kappa shape index (κ3) is 2.51. The molecule has 0 fully saturated rings. The maximum absolute atomic E-state index is 11.5. The molecule has 21 heavy (non-hydrogen) atoms. The number of aliphatic hydroxyl groups is 1. The van der Waals surface area contributed by atoms with E-state index in [4.69, 9.17) is 0 Å². The van der Waals surface area contributed by atoms with Crippen molar-refractivity contribution in [1.82, 2.24) is 10.3 Å². The summed E-state index contributed by atoms with van der Waals surface area (Å²) in [4.78, 5) is 19.9. The first-order chi connectivity index (χ1) is 9.81. The molecule has 1 aromatic rings. The number of nitrogens with one attached hydrogen (secondary N) is 1. The number of aliphatic imine (C=N–C) groups is 1. The lowest BCUT2D eigenvalue weighted by Crippen LogP contribution is -2.52. The Bertz CT molecular complexity index is 598. The Morgan fingerprint density at radius 2 is 2.19 bits per heavy atom. The van der Waals surface area contributed by atoms with E-state index in [-0.39, 0.29) is 17.2 Å². The highest BCUT2D eigenvalue weighted by Gasteiger charge is 2.43. The van der Waals surface area contributed by atoms with Gasteiger partial charge in [0.25, 0.3) is 0 Å². The molecular weight excluding hydrogens is 270 g/mol. The number of amidine groups is 1. The van der Waals surface area contributed by atoms with E-state index >= 15 is 0 Å². The fourth-order valence-electron chi connectivity index (χ4n) is 2.39. The first-order valence-electron chi connectivity index (χ1n) is 7.06. The molecule has 0 radical (unpaired) electrons. The van der Waals surface area contributed by atoms with Crippen molar-refractivity contribution in [3.63, 3.8) is 0 Å². The third-order valence-corrected chi connectivity index (χ3v) is 4.23. The number of pyridine rings is 1. The number of carboxylic acids is 1. The Balaban J connectivity index is 2.50. The van der Waals surface area contributed by atoms with Gasteiger partial charge in [-0.05, 0) is 30.9 Å². The van der Waals surface area contributed by atoms with Crippen molar-refractivity contribution < 1.29 is 15.0 Å². The Morgan fingerprint density at radius 1 is 1.52 bits per heavy atom. The van der Waals surface area contributed by atoms with Gasteiger partial charge in [0.2, 0.25) is 0 Å². The third-order valence-electron chi connectivity index (χ3n) is 4.23. The molecule has 0 spiro atoms. The summed E-state index contributed by atoms with van der Waals surface area (Å²) in [5.41, 5.74) is 0.496. The van der Waals surface area contributed by atoms with Crippen LogP contribution in [0, 0.1) is 5.92 Å². The van der Waals surface area contributed by atoms with Gasteiger partial charge < -0.3 is 15.5 Å². The number of aromatic carboxylic acids is 1. The van der Waals surface area contributed by atoms with Gasteiger partial charge in [-0.15, -0.1) is 0 Å². The zero-order chi connectivity index (χ0) is 15.8. The molecule has 0 saturated heterocycles. The minimum Gasteiger partial charge on any atom is -0.478 e. The van der Waals surface area contributed by atoms with Crippen LogP contribution in [0.2, 0.25) is 0 Å². The number of hydrogen-bond acceptors (Lipinski definition) is 5. The number of aliphatic hydroxyl groups excluding tert-OH is 1. The predicted octanol–water partition coefficient (Wildman–Crippen LogP) is 1.43. The Kier molecular flexibility index (Phi) is 4.00. The van der Waals surface area contributed by atoms with Crippen molar-refractivity contribution >= 4 is 11.8 Å². The van der Waals surface area contributed by atoms with Gasteiger partial charge in [-0.2, -0.15) is 0 Å². The Morgan fingerprint density at radius 3 is 2.67 bits per heavy atom. The van der Waals surface area contributed by atoms with E-state index in [0.717, 1.165) is 0 Å². The first kappa shape index (κ1) is 15.4. The zero-order valence-electron chi connectivity index (χ0n) is 12.7. The van der Waals surface area contributed by atoms with Crippen LogP contribution in [-0.2, 0) is 6.42 Å². The van der Waals surface area contributed by atoms with Crippen LogP contribution >= 0.6 is 0 Å². The summed E-state index contributed by atoms with van der Waals surface area (Å²) >= 11 is 0. The lowest BCUT2D eigenvalue weighted by molar-refractivity contribution is 0.0695. The highest BCUT2D eigenvalue weighted by molar-refractivity contribution is 6.07. The summed E-state index contributed by atoms with van der Waals surface area (Å²) in [5, 5.41) is 22.8. The molecule has 2 heterocycles. The lowest BCUT2D eigenvalue weighted by Gasteiger charge is -2.32. The highest BCUT2D eigenvalue weighted by atomic mass is 16.4. The van der Waals surface area contributed by atoms with Crippen LogP contribution in [0.4, 0.5) is 0 Å². The van der Waals surface area contributed by atoms with Crippen molar-refractivity contribution in [3.05, 3.63) is 29.1 Å². The van der Waals surface area contributed by atoms with Gasteiger partial charge in [0.1, 0.15) is 5.69 Å². The number of carboxylic acid groups (broad SMARTS) is 1. The fraction of sp³-hybridized carbons (Fsp3) is 0.533. The summed E-state index contributed by atoms with van der Waals surface area (Å²) in [6.07, 6.45) is 1.23. The maximum atomic E-state index is 11.5. The molecule has 0 amide bonds. The number of aryl methyl sites for hydroxylation is 1. The molecule has 6 heteroatoms. The Labute approximate surface area is 123 Å². The van der Waals surface area contributed by atoms with Crippen LogP contribution in [0.25, 0.3) is 0 Å². The summed E-state index contributed by atoms with van der Waals surface area (Å²) in [5.74, 6) is -0.574. The molecule has 114 valence electrons. The summed E-state index contributed by atoms with van der Waals surface area (Å²) in [6.45, 7) is 7.71. The van der Waals surface area contributed by atoms with Gasteiger partial charge in [-0.1, -0.05) is 20.8 Å². The van der Waals surface area contributed by atoms with Gasteiger partial charge >= 0.3 is 5.97 Å². The van der Waals surface area contributed by atoms with Gasteiger partial charge in [0, 0.05) is 6.20 Å². The molecule has 1 aromatic heterocycles. The van der Waals surface area contributed by atoms with Crippen LogP contribution in [0.3, 0.4) is 0 Å². The zero-order valence-corrected chi connectivity index (χ0v) is 12.7. The van der Waals surface area contributed by atoms with Crippen molar-refractivity contribution in [2.24, 2.45) is 10.9 Å². The predicted molar refractivity (Wildman–Crippen MR) is 79.5 cm³/mol. The number of carbonyl (C=O) groups is 1. The SMILES string of the molecule is CCc1ccnc(C2=NC(O)C(C)(C(C)C)N2)c1C(=O)O. The molecule has 0 aliphatic carbocycles. The quantitative estimate of drug-likeness (QED) is 0.780. The van der Waals surface area contributed by atoms with Crippen LogP contribution in [0.5, 0.6) is 0 Å². The second-order valence-corrected chi connectivity index (χ2v) is 5.77. The van der Waals surface area contributed by atoms with E-state index in [1.54, 1.807) is 12.3 Å². The molecule has 2 atom stereocenters. The average molecular weight is 291 g/mol. The summed E-state index contributed by atoms with van der Waals surface area (Å²) in [7, 11) is 0. The van der Waals surface area contributed by atoms with Crippen LogP contribution in [-0.4, -0.2) is 38.8 Å². The van der Waals surface area contributed by atoms with E-state index in [1.807, 2.05) is 27.7 Å². The Hall–Kier alpha value is -1.95. The van der Waals surface area contributed by atoms with E-state index in [0.29, 0.717) is 17.8 Å². The second-order valence-electron chi connectivity index (χ2n) is 5.77. The minimum absolute atomic E-state index is 0.122. The van der Waals surface area contributed by atoms with Crippen molar-refractivity contribution in [2.75, 3.05) is 0 Å². The lowest BCUT2D eigenvalue weighted by atomic mass is 9.87. The number of aromatic nitrogens is 1. The van der Waals surface area contributed by atoms with E-state index in [2.05, 4.69) is 15.3 Å². The summed E-state index contributed by atoms with van der Waals surface area (Å²) < 4.78 is 0. The van der Waals surface area contributed by atoms with Gasteiger partial charge in [0.05, 0.1) is 11.1 Å². The van der Waals surface area contributed by atoms with E-state index < -0.39 is 17.7 Å². The molecule has 0 saturated carbocycles.